The van der Waals surface area contributed by atoms with Crippen molar-refractivity contribution in [3.8, 4) is 5.75 Å². The number of nitrogens with one attached hydrogen (secondary N) is 1. The van der Waals surface area contributed by atoms with Crippen LogP contribution in [0.25, 0.3) is 10.9 Å². The summed E-state index contributed by atoms with van der Waals surface area (Å²) in [5.41, 5.74) is 2.02. The van der Waals surface area contributed by atoms with Crippen molar-refractivity contribution in [3.63, 3.8) is 0 Å². The van der Waals surface area contributed by atoms with E-state index in [1.54, 1.807) is 26.3 Å². The van der Waals surface area contributed by atoms with Gasteiger partial charge in [-0.1, -0.05) is 11.6 Å². The van der Waals surface area contributed by atoms with E-state index in [9.17, 15) is 4.79 Å². The lowest BCUT2D eigenvalue weighted by Gasteiger charge is -2.31. The van der Waals surface area contributed by atoms with Crippen molar-refractivity contribution < 1.29 is 14.3 Å². The van der Waals surface area contributed by atoms with Crippen LogP contribution in [0.4, 0.5) is 5.69 Å². The van der Waals surface area contributed by atoms with Gasteiger partial charge in [-0.25, -0.2) is 4.79 Å². The Balaban J connectivity index is 2.22. The van der Waals surface area contributed by atoms with Crippen molar-refractivity contribution in [2.24, 2.45) is 0 Å². The number of fused-ring (bicyclic) bond motifs is 1. The molecule has 2 heterocycles. The predicted octanol–water partition coefficient (Wildman–Crippen LogP) is 2.48. The average Bonchev–Trinajstić information content (AvgIpc) is 2.61. The number of carbonyl (C=O) groups excluding carboxylic acids is 1. The number of ether oxygens (including phenoxy) is 2. The molecule has 1 saturated heterocycles. The van der Waals surface area contributed by atoms with Crippen LogP contribution in [0, 0.1) is 0 Å². The lowest BCUT2D eigenvalue weighted by atomic mass is 10.1. The molecule has 24 heavy (non-hydrogen) atoms. The SMILES string of the molecule is CCOC(=O)c1cnc2cc(Cl)c(OC)cc2c1N1CCNCC1. The molecule has 0 aliphatic carbocycles. The molecule has 1 aliphatic rings. The number of rotatable bonds is 4. The fourth-order valence-corrected chi connectivity index (χ4v) is 3.16. The Hall–Kier alpha value is -2.05. The van der Waals surface area contributed by atoms with E-state index < -0.39 is 0 Å². The van der Waals surface area contributed by atoms with Gasteiger partial charge in [0.05, 0.1) is 29.9 Å². The van der Waals surface area contributed by atoms with Crippen molar-refractivity contribution in [1.29, 1.82) is 0 Å². The summed E-state index contributed by atoms with van der Waals surface area (Å²) in [6, 6.07) is 3.60. The minimum absolute atomic E-state index is 0.321. The molecule has 6 nitrogen and oxygen atoms in total. The number of hydrogen-bond donors (Lipinski definition) is 1. The number of anilines is 1. The van der Waals surface area contributed by atoms with Crippen LogP contribution in [0.5, 0.6) is 5.75 Å². The maximum absolute atomic E-state index is 12.4. The summed E-state index contributed by atoms with van der Waals surface area (Å²) in [4.78, 5) is 19.0. The van der Waals surface area contributed by atoms with Gasteiger partial charge in [0, 0.05) is 37.8 Å². The highest BCUT2D eigenvalue weighted by atomic mass is 35.5. The van der Waals surface area contributed by atoms with Gasteiger partial charge in [-0.3, -0.25) is 4.98 Å². The van der Waals surface area contributed by atoms with Gasteiger partial charge in [-0.05, 0) is 19.1 Å². The number of halogens is 1. The van der Waals surface area contributed by atoms with E-state index in [1.807, 2.05) is 6.07 Å². The number of aromatic nitrogens is 1. The molecule has 0 unspecified atom stereocenters. The van der Waals surface area contributed by atoms with E-state index in [2.05, 4.69) is 15.2 Å². The summed E-state index contributed by atoms with van der Waals surface area (Å²) >= 11 is 6.21. The Labute approximate surface area is 145 Å². The third kappa shape index (κ3) is 3.12. The maximum atomic E-state index is 12.4. The third-order valence-electron chi connectivity index (χ3n) is 4.04. The van der Waals surface area contributed by atoms with Gasteiger partial charge in [-0.15, -0.1) is 0 Å². The van der Waals surface area contributed by atoms with Crippen molar-refractivity contribution in [3.05, 3.63) is 28.9 Å². The molecule has 1 aromatic carbocycles. The molecule has 2 aromatic rings. The van der Waals surface area contributed by atoms with E-state index in [1.165, 1.54) is 0 Å². The highest BCUT2D eigenvalue weighted by molar-refractivity contribution is 6.33. The predicted molar refractivity (Wildman–Crippen MR) is 94.3 cm³/mol. The Morgan fingerprint density at radius 3 is 2.79 bits per heavy atom. The number of nitrogens with zero attached hydrogens (tertiary/aromatic N) is 2. The first-order chi connectivity index (χ1) is 11.7. The van der Waals surface area contributed by atoms with Gasteiger partial charge in [-0.2, -0.15) is 0 Å². The zero-order chi connectivity index (χ0) is 17.1. The number of pyridine rings is 1. The Morgan fingerprint density at radius 1 is 1.38 bits per heavy atom. The topological polar surface area (TPSA) is 63.7 Å². The van der Waals surface area contributed by atoms with Crippen LogP contribution in [0.3, 0.4) is 0 Å². The van der Waals surface area contributed by atoms with Crippen molar-refractivity contribution in [2.45, 2.75) is 6.92 Å². The number of esters is 1. The second-order valence-electron chi connectivity index (χ2n) is 5.48. The van der Waals surface area contributed by atoms with Gasteiger partial charge >= 0.3 is 5.97 Å². The van der Waals surface area contributed by atoms with E-state index in [0.29, 0.717) is 22.9 Å². The zero-order valence-corrected chi connectivity index (χ0v) is 14.5. The molecule has 3 rings (SSSR count). The first-order valence-corrected chi connectivity index (χ1v) is 8.32. The van der Waals surface area contributed by atoms with Crippen LogP contribution in [0.15, 0.2) is 18.3 Å². The molecule has 0 amide bonds. The molecule has 1 N–H and O–H groups in total. The molecule has 128 valence electrons. The van der Waals surface area contributed by atoms with Gasteiger partial charge in [0.25, 0.3) is 0 Å². The number of carbonyl (C=O) groups is 1. The highest BCUT2D eigenvalue weighted by Crippen LogP contribution is 2.36. The summed E-state index contributed by atoms with van der Waals surface area (Å²) in [6.45, 7) is 5.43. The van der Waals surface area contributed by atoms with Crippen LogP contribution < -0.4 is 15.0 Å². The van der Waals surface area contributed by atoms with Crippen molar-refractivity contribution >= 4 is 34.2 Å². The molecule has 1 aliphatic heterocycles. The second kappa shape index (κ2) is 7.23. The molecule has 1 fully saturated rings. The molecule has 7 heteroatoms. The smallest absolute Gasteiger partial charge is 0.341 e. The maximum Gasteiger partial charge on any atom is 0.341 e. The van der Waals surface area contributed by atoms with Crippen LogP contribution in [0.2, 0.25) is 5.02 Å². The van der Waals surface area contributed by atoms with E-state index in [0.717, 1.165) is 42.8 Å². The van der Waals surface area contributed by atoms with Gasteiger partial charge < -0.3 is 19.7 Å². The number of piperazine rings is 1. The Morgan fingerprint density at radius 2 is 2.12 bits per heavy atom. The van der Waals surface area contributed by atoms with E-state index >= 15 is 0 Å². The molecule has 0 atom stereocenters. The van der Waals surface area contributed by atoms with E-state index in [4.69, 9.17) is 21.1 Å². The summed E-state index contributed by atoms with van der Waals surface area (Å²) < 4.78 is 10.5. The largest absolute Gasteiger partial charge is 0.495 e. The number of hydrogen-bond acceptors (Lipinski definition) is 6. The first kappa shape index (κ1) is 16.8. The van der Waals surface area contributed by atoms with Gasteiger partial charge in [0.15, 0.2) is 0 Å². The van der Waals surface area contributed by atoms with Gasteiger partial charge in [0.1, 0.15) is 11.3 Å². The molecule has 0 bridgehead atoms. The molecule has 0 radical (unpaired) electrons. The Kier molecular flexibility index (Phi) is 5.06. The normalized spacial score (nSPS) is 14.7. The first-order valence-electron chi connectivity index (χ1n) is 7.94. The lowest BCUT2D eigenvalue weighted by molar-refractivity contribution is 0.0526. The molecule has 0 spiro atoms. The van der Waals surface area contributed by atoms with Crippen molar-refractivity contribution in [2.75, 3.05) is 44.8 Å². The second-order valence-corrected chi connectivity index (χ2v) is 5.89. The fraction of sp³-hybridized carbons (Fsp3) is 0.412. The van der Waals surface area contributed by atoms with Crippen LogP contribution >= 0.6 is 11.6 Å². The van der Waals surface area contributed by atoms with Crippen molar-refractivity contribution in [1.82, 2.24) is 10.3 Å². The fourth-order valence-electron chi connectivity index (χ4n) is 2.92. The van der Waals surface area contributed by atoms with E-state index in [-0.39, 0.29) is 5.97 Å². The molecular formula is C17H20ClN3O3. The Bertz CT molecular complexity index is 760. The standard InChI is InChI=1S/C17H20ClN3O3/c1-3-24-17(22)12-10-20-14-9-13(18)15(23-2)8-11(14)16(12)21-6-4-19-5-7-21/h8-10,19H,3-7H2,1-2H3. The summed E-state index contributed by atoms with van der Waals surface area (Å²) in [5.74, 6) is 0.192. The third-order valence-corrected chi connectivity index (χ3v) is 4.34. The average molecular weight is 350 g/mol. The monoisotopic (exact) mass is 349 g/mol. The zero-order valence-electron chi connectivity index (χ0n) is 13.8. The quantitative estimate of drug-likeness (QED) is 0.856. The lowest BCUT2D eigenvalue weighted by Crippen LogP contribution is -2.44. The van der Waals surface area contributed by atoms with Crippen LogP contribution in [0.1, 0.15) is 17.3 Å². The molecule has 1 aromatic heterocycles. The van der Waals surface area contributed by atoms with Gasteiger partial charge in [0.2, 0.25) is 0 Å². The molecular weight excluding hydrogens is 330 g/mol. The highest BCUT2D eigenvalue weighted by Gasteiger charge is 2.23. The number of benzene rings is 1. The number of methoxy groups -OCH3 is 1. The van der Waals surface area contributed by atoms with Crippen LogP contribution in [-0.4, -0.2) is 50.8 Å². The molecule has 0 saturated carbocycles. The van der Waals surface area contributed by atoms with Crippen LogP contribution in [-0.2, 0) is 4.74 Å². The minimum Gasteiger partial charge on any atom is -0.495 e. The summed E-state index contributed by atoms with van der Waals surface area (Å²) in [5, 5.41) is 4.65. The summed E-state index contributed by atoms with van der Waals surface area (Å²) in [6.07, 6.45) is 1.57. The summed E-state index contributed by atoms with van der Waals surface area (Å²) in [7, 11) is 1.57. The minimum atomic E-state index is -0.366.